The average Bonchev–Trinajstić information content (AvgIpc) is 3.68. The number of pyridine rings is 1. The van der Waals surface area contributed by atoms with Crippen LogP contribution >= 0.6 is 0 Å². The maximum absolute atomic E-state index is 12.1. The van der Waals surface area contributed by atoms with Crippen LogP contribution in [-0.4, -0.2) is 19.6 Å². The zero-order chi connectivity index (χ0) is 47.6. The van der Waals surface area contributed by atoms with Crippen LogP contribution in [0.2, 0.25) is 0 Å². The first-order chi connectivity index (χ1) is 31.8. The van der Waals surface area contributed by atoms with Crippen LogP contribution in [0.25, 0.3) is 83.9 Å². The van der Waals surface area contributed by atoms with Crippen LogP contribution in [0.15, 0.2) is 152 Å². The topological polar surface area (TPSA) is 50.9 Å². The number of phenols is 1. The van der Waals surface area contributed by atoms with E-state index in [1.54, 1.807) is 0 Å². The smallest absolute Gasteiger partial charge is 0.148 e. The molecule has 0 atom stereocenters. The molecule has 0 saturated heterocycles. The van der Waals surface area contributed by atoms with Crippen molar-refractivity contribution in [1.29, 1.82) is 0 Å². The molecule has 2 heterocycles. The Hall–Kier alpha value is -6.35. The number of hydrogen-bond acceptors (Lipinski definition) is 3. The molecule has 0 fully saturated rings. The van der Waals surface area contributed by atoms with Gasteiger partial charge in [0.1, 0.15) is 11.6 Å². The molecule has 0 radical (unpaired) electrons. The summed E-state index contributed by atoms with van der Waals surface area (Å²) in [7, 11) is 0. The number of aromatic hydroxyl groups is 1. The summed E-state index contributed by atoms with van der Waals surface area (Å²) >= 11 is 0. The van der Waals surface area contributed by atoms with E-state index in [1.807, 2.05) is 13.1 Å². The Morgan fingerprint density at radius 1 is 0.515 bits per heavy atom. The van der Waals surface area contributed by atoms with Crippen molar-refractivity contribution in [3.63, 3.8) is 0 Å². The van der Waals surface area contributed by atoms with Crippen LogP contribution in [0.3, 0.4) is 0 Å². The zero-order valence-corrected chi connectivity index (χ0v) is 43.8. The fraction of sp³-hybridized carbons (Fsp3) is 0.238. The maximum atomic E-state index is 12.1. The van der Waals surface area contributed by atoms with Crippen molar-refractivity contribution in [2.24, 2.45) is 0 Å². The Kier molecular flexibility index (Phi) is 12.9. The molecule has 0 spiro atoms. The third kappa shape index (κ3) is 9.29. The van der Waals surface area contributed by atoms with Gasteiger partial charge in [0.25, 0.3) is 0 Å². The van der Waals surface area contributed by atoms with Gasteiger partial charge in [-0.2, -0.15) is 0 Å². The molecule has 0 unspecified atom stereocenters. The molecule has 0 amide bonds. The number of benzene rings is 7. The average molecular weight is 1070 g/mol. The summed E-state index contributed by atoms with van der Waals surface area (Å²) in [6, 6.07) is 56.1. The summed E-state index contributed by atoms with van der Waals surface area (Å²) in [5.41, 5.74) is 20.6. The van der Waals surface area contributed by atoms with E-state index in [4.69, 9.17) is 9.97 Å². The van der Waals surface area contributed by atoms with Gasteiger partial charge in [0, 0.05) is 33.0 Å². The molecule has 0 aliphatic heterocycles. The second-order valence-corrected chi connectivity index (χ2v) is 21.5. The summed E-state index contributed by atoms with van der Waals surface area (Å²) in [4.78, 5) is 10.5. The number of nitrogens with zero attached hydrogens (tertiary/aromatic N) is 3. The number of imidazole rings is 1. The van der Waals surface area contributed by atoms with Crippen molar-refractivity contribution < 1.29 is 26.2 Å². The van der Waals surface area contributed by atoms with Crippen molar-refractivity contribution >= 4 is 11.0 Å². The number of aromatic nitrogens is 3. The SMILES string of the molecule is Cc1ccc(-c2ccnc(-c3[c-]c(-c4cccc5c4nc(-c4cc(C(C)(C)C)cc(C)c4O)n5-c4ccc(-c5c(-c6ccccc6)cccc5C(C)(C)C)cc4C)cc(C(C)(C)C)c3)c2)cc1.[Pt]. The monoisotopic (exact) mass is 1070 g/mol. The summed E-state index contributed by atoms with van der Waals surface area (Å²) in [6.07, 6.45) is 1.90. The Morgan fingerprint density at radius 3 is 1.84 bits per heavy atom. The van der Waals surface area contributed by atoms with Crippen molar-refractivity contribution in [2.75, 3.05) is 0 Å². The molecule has 0 aliphatic carbocycles. The van der Waals surface area contributed by atoms with E-state index in [9.17, 15) is 5.11 Å². The van der Waals surface area contributed by atoms with E-state index < -0.39 is 0 Å². The normalized spacial score (nSPS) is 12.1. The second kappa shape index (κ2) is 18.3. The number of rotatable bonds is 7. The molecule has 2 aromatic heterocycles. The Morgan fingerprint density at radius 2 is 1.16 bits per heavy atom. The second-order valence-electron chi connectivity index (χ2n) is 21.5. The van der Waals surface area contributed by atoms with Gasteiger partial charge in [-0.05, 0) is 123 Å². The first kappa shape index (κ1) is 48.1. The summed E-state index contributed by atoms with van der Waals surface area (Å²) in [5, 5.41) is 12.1. The number of aryl methyl sites for hydroxylation is 3. The predicted molar refractivity (Wildman–Crippen MR) is 282 cm³/mol. The standard InChI is InChI=1S/C63H62N3O.Pt/c1-39-24-26-42(27-25-39)44-30-31-64-54(37-44)47-34-46(35-49(36-47)62(7,8)9)51-21-17-23-56-58(51)65-60(52-38-48(61(4,5)6)33-41(3)59(52)67)66(56)55-29-28-45(32-40(55)2)57-50(43-18-14-13-15-19-43)20-16-22-53(57)63(10,11)12;/h13-33,35-38,67H,1-12H3;/q-1;. The van der Waals surface area contributed by atoms with Gasteiger partial charge in [0.2, 0.25) is 0 Å². The molecule has 9 aromatic rings. The van der Waals surface area contributed by atoms with Gasteiger partial charge in [0.15, 0.2) is 0 Å². The largest absolute Gasteiger partial charge is 0.507 e. The fourth-order valence-corrected chi connectivity index (χ4v) is 9.32. The first-order valence-electron chi connectivity index (χ1n) is 23.5. The number of para-hydroxylation sites is 1. The van der Waals surface area contributed by atoms with Crippen LogP contribution in [0.1, 0.15) is 95.7 Å². The maximum Gasteiger partial charge on any atom is 0.148 e. The molecule has 68 heavy (non-hydrogen) atoms. The molecule has 7 aromatic carbocycles. The minimum atomic E-state index is -0.160. The third-order valence-corrected chi connectivity index (χ3v) is 13.2. The molecule has 0 saturated carbocycles. The van der Waals surface area contributed by atoms with Crippen molar-refractivity contribution in [2.45, 2.75) is 99.3 Å². The van der Waals surface area contributed by atoms with Gasteiger partial charge in [-0.25, -0.2) is 4.98 Å². The Balaban J connectivity index is 0.00000625. The molecule has 346 valence electrons. The van der Waals surface area contributed by atoms with Gasteiger partial charge in [-0.15, -0.1) is 29.3 Å². The van der Waals surface area contributed by atoms with Crippen LogP contribution in [0.4, 0.5) is 0 Å². The Bertz CT molecular complexity index is 3320. The van der Waals surface area contributed by atoms with E-state index >= 15 is 0 Å². The molecule has 9 rings (SSSR count). The van der Waals surface area contributed by atoms with Crippen molar-refractivity contribution in [1.82, 2.24) is 14.5 Å². The molecule has 5 heteroatoms. The molecular formula is C63H62N3OPt-. The molecular weight excluding hydrogens is 1010 g/mol. The predicted octanol–water partition coefficient (Wildman–Crippen LogP) is 16.7. The minimum Gasteiger partial charge on any atom is -0.507 e. The molecule has 1 N–H and O–H groups in total. The van der Waals surface area contributed by atoms with E-state index in [0.717, 1.165) is 72.5 Å². The van der Waals surface area contributed by atoms with Gasteiger partial charge >= 0.3 is 0 Å². The molecule has 0 bridgehead atoms. The van der Waals surface area contributed by atoms with Crippen LogP contribution in [0, 0.1) is 26.8 Å². The fourth-order valence-electron chi connectivity index (χ4n) is 9.32. The Labute approximate surface area is 418 Å². The molecule has 4 nitrogen and oxygen atoms in total. The zero-order valence-electron chi connectivity index (χ0n) is 41.5. The minimum absolute atomic E-state index is 0. The van der Waals surface area contributed by atoms with E-state index in [-0.39, 0.29) is 43.1 Å². The van der Waals surface area contributed by atoms with Crippen molar-refractivity contribution in [3.05, 3.63) is 191 Å². The number of hydrogen-bond donors (Lipinski definition) is 1. The summed E-state index contributed by atoms with van der Waals surface area (Å²) in [6.45, 7) is 26.6. The van der Waals surface area contributed by atoms with Crippen molar-refractivity contribution in [3.8, 4) is 78.6 Å². The van der Waals surface area contributed by atoms with Crippen LogP contribution in [0.5, 0.6) is 5.75 Å². The van der Waals surface area contributed by atoms with E-state index in [2.05, 4.69) is 232 Å². The van der Waals surface area contributed by atoms with Gasteiger partial charge < -0.3 is 5.11 Å². The van der Waals surface area contributed by atoms with Crippen LogP contribution < -0.4 is 0 Å². The van der Waals surface area contributed by atoms with Gasteiger partial charge in [-0.1, -0.05) is 182 Å². The van der Waals surface area contributed by atoms with E-state index in [1.165, 1.54) is 33.4 Å². The third-order valence-electron chi connectivity index (χ3n) is 13.2. The van der Waals surface area contributed by atoms with Crippen LogP contribution in [-0.2, 0) is 37.3 Å². The quantitative estimate of drug-likeness (QED) is 0.162. The summed E-state index contributed by atoms with van der Waals surface area (Å²) < 4.78 is 2.26. The number of phenolic OH excluding ortho intramolecular Hbond substituents is 1. The number of fused-ring (bicyclic) bond motifs is 1. The summed E-state index contributed by atoms with van der Waals surface area (Å²) in [5.74, 6) is 0.917. The molecule has 0 aliphatic rings. The first-order valence-corrected chi connectivity index (χ1v) is 23.5. The van der Waals surface area contributed by atoms with Gasteiger partial charge in [0.05, 0.1) is 22.3 Å². The van der Waals surface area contributed by atoms with E-state index in [0.29, 0.717) is 11.4 Å². The van der Waals surface area contributed by atoms with Gasteiger partial charge in [-0.3, -0.25) is 9.55 Å².